The van der Waals surface area contributed by atoms with Crippen LogP contribution in [0.25, 0.3) is 0 Å². The van der Waals surface area contributed by atoms with Crippen molar-refractivity contribution >= 4 is 5.91 Å². The minimum absolute atomic E-state index is 0.129. The van der Waals surface area contributed by atoms with Crippen LogP contribution in [0.15, 0.2) is 30.3 Å². The quantitative estimate of drug-likeness (QED) is 0.685. The molecule has 0 N–H and O–H groups in total. The van der Waals surface area contributed by atoms with Crippen LogP contribution >= 0.6 is 0 Å². The Kier molecular flexibility index (Phi) is 2.51. The third-order valence-electron chi connectivity index (χ3n) is 3.37. The number of carbonyl (C=O) groups excluding carboxylic acids is 1. The summed E-state index contributed by atoms with van der Waals surface area (Å²) >= 11 is 0. The smallest absolute Gasteiger partial charge is 0.222 e. The Balaban J connectivity index is 2.25. The Bertz CT molecular complexity index is 360. The molecule has 1 aliphatic heterocycles. The van der Waals surface area contributed by atoms with Gasteiger partial charge in [-0.1, -0.05) is 37.3 Å². The minimum Gasteiger partial charge on any atom is -0.345 e. The highest BCUT2D eigenvalue weighted by Gasteiger charge is 2.34. The molecule has 1 heterocycles. The molecule has 15 heavy (non-hydrogen) atoms. The van der Waals surface area contributed by atoms with Crippen LogP contribution in [0, 0.1) is 0 Å². The van der Waals surface area contributed by atoms with Gasteiger partial charge >= 0.3 is 0 Å². The van der Waals surface area contributed by atoms with E-state index in [1.807, 2.05) is 18.0 Å². The molecule has 0 spiro atoms. The average Bonchev–Trinajstić information content (AvgIpc) is 2.26. The van der Waals surface area contributed by atoms with Gasteiger partial charge < -0.3 is 4.90 Å². The van der Waals surface area contributed by atoms with Crippen molar-refractivity contribution in [2.75, 3.05) is 13.6 Å². The summed E-state index contributed by atoms with van der Waals surface area (Å²) in [6.07, 6.45) is 1.63. The van der Waals surface area contributed by atoms with Crippen molar-refractivity contribution in [1.82, 2.24) is 4.90 Å². The molecule has 0 aromatic heterocycles. The van der Waals surface area contributed by atoms with Crippen LogP contribution in [-0.2, 0) is 10.2 Å². The fraction of sp³-hybridized carbons (Fsp3) is 0.462. The van der Waals surface area contributed by atoms with Crippen molar-refractivity contribution in [2.24, 2.45) is 0 Å². The topological polar surface area (TPSA) is 20.3 Å². The van der Waals surface area contributed by atoms with Gasteiger partial charge in [0.15, 0.2) is 0 Å². The molecule has 0 saturated carbocycles. The Hall–Kier alpha value is -1.31. The molecule has 0 radical (unpaired) electrons. The van der Waals surface area contributed by atoms with E-state index in [9.17, 15) is 4.79 Å². The van der Waals surface area contributed by atoms with Crippen LogP contribution in [0.3, 0.4) is 0 Å². The van der Waals surface area contributed by atoms with E-state index in [-0.39, 0.29) is 11.3 Å². The summed E-state index contributed by atoms with van der Waals surface area (Å²) in [6.45, 7) is 3.07. The third kappa shape index (κ3) is 1.89. The average molecular weight is 203 g/mol. The molecule has 2 rings (SSSR count). The Labute approximate surface area is 90.9 Å². The zero-order chi connectivity index (χ0) is 10.9. The van der Waals surface area contributed by atoms with Crippen molar-refractivity contribution in [1.29, 1.82) is 0 Å². The van der Waals surface area contributed by atoms with E-state index >= 15 is 0 Å². The summed E-state index contributed by atoms with van der Waals surface area (Å²) in [5.74, 6) is 0.267. The highest BCUT2D eigenvalue weighted by atomic mass is 16.2. The van der Waals surface area contributed by atoms with E-state index in [4.69, 9.17) is 0 Å². The second kappa shape index (κ2) is 3.69. The van der Waals surface area contributed by atoms with Crippen LogP contribution in [0.2, 0.25) is 0 Å². The maximum absolute atomic E-state index is 11.4. The van der Waals surface area contributed by atoms with E-state index in [1.165, 1.54) is 5.56 Å². The summed E-state index contributed by atoms with van der Waals surface area (Å²) in [5.41, 5.74) is 1.47. The maximum Gasteiger partial charge on any atom is 0.222 e. The predicted octanol–water partition coefficient (Wildman–Crippen LogP) is 2.20. The first-order chi connectivity index (χ1) is 7.12. The van der Waals surface area contributed by atoms with Gasteiger partial charge in [0.1, 0.15) is 0 Å². The molecule has 0 aliphatic carbocycles. The van der Waals surface area contributed by atoms with Gasteiger partial charge in [-0.15, -0.1) is 0 Å². The number of hydrogen-bond donors (Lipinski definition) is 0. The van der Waals surface area contributed by atoms with Gasteiger partial charge in [0.25, 0.3) is 0 Å². The van der Waals surface area contributed by atoms with Gasteiger partial charge in [0.05, 0.1) is 0 Å². The number of likely N-dealkylation sites (tertiary alicyclic amines) is 1. The SMILES string of the molecule is CN1CC(C)(c2ccccc2)CCC1=O. The second-order valence-corrected chi connectivity index (χ2v) is 4.68. The molecule has 1 aliphatic rings. The van der Waals surface area contributed by atoms with Gasteiger partial charge in [0.2, 0.25) is 5.91 Å². The number of amides is 1. The monoisotopic (exact) mass is 203 g/mol. The lowest BCUT2D eigenvalue weighted by atomic mass is 9.76. The highest BCUT2D eigenvalue weighted by Crippen LogP contribution is 2.33. The molecule has 1 aromatic rings. The molecular weight excluding hydrogens is 186 g/mol. The van der Waals surface area contributed by atoms with Crippen LogP contribution in [0.1, 0.15) is 25.3 Å². The van der Waals surface area contributed by atoms with Gasteiger partial charge in [-0.05, 0) is 12.0 Å². The largest absolute Gasteiger partial charge is 0.345 e. The molecule has 1 unspecified atom stereocenters. The van der Waals surface area contributed by atoms with Crippen molar-refractivity contribution in [3.63, 3.8) is 0 Å². The van der Waals surface area contributed by atoms with Crippen LogP contribution < -0.4 is 0 Å². The number of likely N-dealkylation sites (N-methyl/N-ethyl adjacent to an activating group) is 1. The first-order valence-electron chi connectivity index (χ1n) is 5.41. The zero-order valence-corrected chi connectivity index (χ0v) is 9.36. The van der Waals surface area contributed by atoms with Gasteiger partial charge in [-0.2, -0.15) is 0 Å². The first kappa shape index (κ1) is 10.2. The standard InChI is InChI=1S/C13H17NO/c1-13(11-6-4-3-5-7-11)9-8-12(15)14(2)10-13/h3-7H,8-10H2,1-2H3. The molecule has 1 fully saturated rings. The fourth-order valence-corrected chi connectivity index (χ4v) is 2.34. The lowest BCUT2D eigenvalue weighted by Crippen LogP contribution is -2.45. The molecule has 80 valence electrons. The minimum atomic E-state index is 0.129. The van der Waals surface area contributed by atoms with Crippen molar-refractivity contribution < 1.29 is 4.79 Å². The molecule has 1 aromatic carbocycles. The predicted molar refractivity (Wildman–Crippen MR) is 60.7 cm³/mol. The molecule has 2 heteroatoms. The van der Waals surface area contributed by atoms with Crippen LogP contribution in [0.5, 0.6) is 0 Å². The fourth-order valence-electron chi connectivity index (χ4n) is 2.34. The summed E-state index contributed by atoms with van der Waals surface area (Å²) in [7, 11) is 1.89. The Morgan fingerprint density at radius 3 is 2.53 bits per heavy atom. The highest BCUT2D eigenvalue weighted by molar-refractivity contribution is 5.77. The zero-order valence-electron chi connectivity index (χ0n) is 9.36. The third-order valence-corrected chi connectivity index (χ3v) is 3.37. The summed E-state index contributed by atoms with van der Waals surface area (Å²) in [6, 6.07) is 10.5. The van der Waals surface area contributed by atoms with E-state index in [0.29, 0.717) is 6.42 Å². The van der Waals surface area contributed by atoms with Crippen molar-refractivity contribution in [3.05, 3.63) is 35.9 Å². The van der Waals surface area contributed by atoms with Crippen molar-refractivity contribution in [2.45, 2.75) is 25.2 Å². The lowest BCUT2D eigenvalue weighted by molar-refractivity contribution is -0.133. The molecule has 2 nitrogen and oxygen atoms in total. The van der Waals surface area contributed by atoms with E-state index < -0.39 is 0 Å². The molecular formula is C13H17NO. The normalized spacial score (nSPS) is 26.8. The number of nitrogens with zero attached hydrogens (tertiary/aromatic N) is 1. The first-order valence-corrected chi connectivity index (χ1v) is 5.41. The number of hydrogen-bond acceptors (Lipinski definition) is 1. The van der Waals surface area contributed by atoms with E-state index in [2.05, 4.69) is 31.2 Å². The molecule has 1 saturated heterocycles. The van der Waals surface area contributed by atoms with Gasteiger partial charge in [0, 0.05) is 25.4 Å². The Morgan fingerprint density at radius 1 is 1.27 bits per heavy atom. The molecule has 1 amide bonds. The van der Waals surface area contributed by atoms with Gasteiger partial charge in [-0.25, -0.2) is 0 Å². The lowest BCUT2D eigenvalue weighted by Gasteiger charge is -2.39. The number of carbonyl (C=O) groups is 1. The van der Waals surface area contributed by atoms with Crippen molar-refractivity contribution in [3.8, 4) is 0 Å². The van der Waals surface area contributed by atoms with Crippen LogP contribution in [-0.4, -0.2) is 24.4 Å². The number of piperidine rings is 1. The van der Waals surface area contributed by atoms with Gasteiger partial charge in [-0.3, -0.25) is 4.79 Å². The molecule has 1 atom stereocenters. The summed E-state index contributed by atoms with van der Waals surface area (Å²) in [5, 5.41) is 0. The van der Waals surface area contributed by atoms with E-state index in [1.54, 1.807) is 0 Å². The number of benzene rings is 1. The second-order valence-electron chi connectivity index (χ2n) is 4.68. The summed E-state index contributed by atoms with van der Waals surface area (Å²) in [4.78, 5) is 13.3. The van der Waals surface area contributed by atoms with E-state index in [0.717, 1.165) is 13.0 Å². The maximum atomic E-state index is 11.4. The Morgan fingerprint density at radius 2 is 1.93 bits per heavy atom. The summed E-state index contributed by atoms with van der Waals surface area (Å²) < 4.78 is 0. The molecule has 0 bridgehead atoms. The number of rotatable bonds is 1. The van der Waals surface area contributed by atoms with Crippen LogP contribution in [0.4, 0.5) is 0 Å².